The maximum atomic E-state index is 9.12. The Kier molecular flexibility index (Phi) is 4.70. The highest BCUT2D eigenvalue weighted by molar-refractivity contribution is 6.59. The third-order valence-corrected chi connectivity index (χ3v) is 2.38. The molecule has 0 amide bonds. The molecule has 0 spiro atoms. The number of hydrogen-bond acceptors (Lipinski definition) is 2. The minimum absolute atomic E-state index is 0.642. The molecular weight excluding hydrogens is 175 g/mol. The van der Waals surface area contributed by atoms with E-state index in [-0.39, 0.29) is 0 Å². The summed E-state index contributed by atoms with van der Waals surface area (Å²) in [5, 5.41) is 18.2. The molecule has 0 heterocycles. The molecule has 0 bridgehead atoms. The van der Waals surface area contributed by atoms with E-state index in [1.165, 1.54) is 12.8 Å². The van der Waals surface area contributed by atoms with Crippen LogP contribution in [0.5, 0.6) is 0 Å². The van der Waals surface area contributed by atoms with Crippen LogP contribution < -0.4 is 5.46 Å². The highest BCUT2D eigenvalue weighted by atomic mass is 16.4. The maximum Gasteiger partial charge on any atom is 0.488 e. The monoisotopic (exact) mass is 192 g/mol. The molecule has 2 nitrogen and oxygen atoms in total. The molecule has 1 rings (SSSR count). The van der Waals surface area contributed by atoms with Crippen LogP contribution in [0.15, 0.2) is 24.3 Å². The molecule has 1 aromatic rings. The molecular formula is C11H17BO2. The normalized spacial score (nSPS) is 10.2. The van der Waals surface area contributed by atoms with Crippen LogP contribution in [-0.4, -0.2) is 17.2 Å². The van der Waals surface area contributed by atoms with Crippen molar-refractivity contribution in [3.63, 3.8) is 0 Å². The summed E-state index contributed by atoms with van der Waals surface area (Å²) in [6, 6.07) is 7.50. The molecule has 0 aliphatic rings. The van der Waals surface area contributed by atoms with Crippen LogP contribution in [0.4, 0.5) is 0 Å². The van der Waals surface area contributed by atoms with Crippen LogP contribution in [0.1, 0.15) is 31.7 Å². The summed E-state index contributed by atoms with van der Waals surface area (Å²) >= 11 is 0. The van der Waals surface area contributed by atoms with Crippen LogP contribution in [-0.2, 0) is 6.42 Å². The fraction of sp³-hybridized carbons (Fsp3) is 0.455. The highest BCUT2D eigenvalue weighted by Crippen LogP contribution is 2.04. The molecule has 0 atom stereocenters. The van der Waals surface area contributed by atoms with Crippen molar-refractivity contribution in [1.82, 2.24) is 0 Å². The predicted octanol–water partition coefficient (Wildman–Crippen LogP) is 1.10. The molecule has 0 aliphatic heterocycles. The van der Waals surface area contributed by atoms with Crippen molar-refractivity contribution in [3.05, 3.63) is 29.8 Å². The van der Waals surface area contributed by atoms with Gasteiger partial charge in [0.05, 0.1) is 0 Å². The lowest BCUT2D eigenvalue weighted by atomic mass is 9.76. The molecule has 76 valence electrons. The van der Waals surface area contributed by atoms with Gasteiger partial charge in [-0.25, -0.2) is 0 Å². The summed E-state index contributed by atoms with van der Waals surface area (Å²) in [4.78, 5) is 0. The standard InChI is InChI=1S/C11H17BO2/c1-2-3-4-7-10-8-5-6-9-11(10)12(13)14/h5-6,8-9,13-14H,2-4,7H2,1H3. The minimum atomic E-state index is -1.34. The van der Waals surface area contributed by atoms with Crippen LogP contribution in [0.25, 0.3) is 0 Å². The van der Waals surface area contributed by atoms with Gasteiger partial charge in [-0.3, -0.25) is 0 Å². The molecule has 2 N–H and O–H groups in total. The Labute approximate surface area is 85.7 Å². The molecule has 1 aromatic carbocycles. The lowest BCUT2D eigenvalue weighted by Crippen LogP contribution is -2.32. The fourth-order valence-electron chi connectivity index (χ4n) is 1.58. The Bertz CT molecular complexity index is 274. The lowest BCUT2D eigenvalue weighted by Gasteiger charge is -2.07. The van der Waals surface area contributed by atoms with Crippen LogP contribution in [0, 0.1) is 0 Å². The SMILES string of the molecule is CCCCCc1ccccc1B(O)O. The van der Waals surface area contributed by atoms with Crippen molar-refractivity contribution >= 4 is 12.6 Å². The van der Waals surface area contributed by atoms with E-state index in [0.29, 0.717) is 5.46 Å². The van der Waals surface area contributed by atoms with E-state index in [2.05, 4.69) is 6.92 Å². The Morgan fingerprint density at radius 3 is 2.50 bits per heavy atom. The Hall–Kier alpha value is -0.795. The second-order valence-electron chi connectivity index (χ2n) is 3.53. The van der Waals surface area contributed by atoms with Crippen molar-refractivity contribution in [2.45, 2.75) is 32.6 Å². The third kappa shape index (κ3) is 3.16. The number of benzene rings is 1. The summed E-state index contributed by atoms with van der Waals surface area (Å²) < 4.78 is 0. The van der Waals surface area contributed by atoms with Gasteiger partial charge in [0.15, 0.2) is 0 Å². The number of aryl methyl sites for hydroxylation is 1. The van der Waals surface area contributed by atoms with Gasteiger partial charge in [-0.2, -0.15) is 0 Å². The number of rotatable bonds is 5. The van der Waals surface area contributed by atoms with Gasteiger partial charge in [-0.15, -0.1) is 0 Å². The van der Waals surface area contributed by atoms with Gasteiger partial charge in [0, 0.05) is 0 Å². The molecule has 3 heteroatoms. The summed E-state index contributed by atoms with van der Waals surface area (Å²) in [6.07, 6.45) is 4.42. The second-order valence-corrected chi connectivity index (χ2v) is 3.53. The molecule has 14 heavy (non-hydrogen) atoms. The quantitative estimate of drug-likeness (QED) is 0.541. The van der Waals surface area contributed by atoms with E-state index in [1.54, 1.807) is 6.07 Å². The fourth-order valence-corrected chi connectivity index (χ4v) is 1.58. The zero-order chi connectivity index (χ0) is 10.4. The van der Waals surface area contributed by atoms with Gasteiger partial charge in [0.25, 0.3) is 0 Å². The second kappa shape index (κ2) is 5.84. The first kappa shape index (κ1) is 11.3. The number of unbranched alkanes of at least 4 members (excludes halogenated alkanes) is 2. The van der Waals surface area contributed by atoms with Crippen molar-refractivity contribution in [1.29, 1.82) is 0 Å². The van der Waals surface area contributed by atoms with Gasteiger partial charge >= 0.3 is 7.12 Å². The molecule has 0 saturated carbocycles. The van der Waals surface area contributed by atoms with Gasteiger partial charge in [-0.1, -0.05) is 44.0 Å². The maximum absolute atomic E-state index is 9.12. The molecule has 0 unspecified atom stereocenters. The topological polar surface area (TPSA) is 40.5 Å². The van der Waals surface area contributed by atoms with Gasteiger partial charge in [0.2, 0.25) is 0 Å². The molecule has 0 saturated heterocycles. The van der Waals surface area contributed by atoms with Gasteiger partial charge < -0.3 is 10.0 Å². The van der Waals surface area contributed by atoms with E-state index in [0.717, 1.165) is 18.4 Å². The minimum Gasteiger partial charge on any atom is -0.423 e. The van der Waals surface area contributed by atoms with Crippen molar-refractivity contribution in [2.24, 2.45) is 0 Å². The third-order valence-electron chi connectivity index (χ3n) is 2.38. The Morgan fingerprint density at radius 2 is 1.86 bits per heavy atom. The first-order valence-corrected chi connectivity index (χ1v) is 5.19. The van der Waals surface area contributed by atoms with Crippen LogP contribution >= 0.6 is 0 Å². The average Bonchev–Trinajstić information content (AvgIpc) is 2.19. The number of hydrogen-bond donors (Lipinski definition) is 2. The summed E-state index contributed by atoms with van der Waals surface area (Å²) in [5.74, 6) is 0. The predicted molar refractivity (Wildman–Crippen MR) is 59.5 cm³/mol. The zero-order valence-corrected chi connectivity index (χ0v) is 8.61. The van der Waals surface area contributed by atoms with Crippen molar-refractivity contribution in [3.8, 4) is 0 Å². The van der Waals surface area contributed by atoms with Gasteiger partial charge in [0.1, 0.15) is 0 Å². The molecule has 0 fully saturated rings. The van der Waals surface area contributed by atoms with E-state index in [4.69, 9.17) is 10.0 Å². The summed E-state index contributed by atoms with van der Waals surface area (Å²) in [6.45, 7) is 2.16. The first-order chi connectivity index (χ1) is 6.75. The molecule has 0 aliphatic carbocycles. The van der Waals surface area contributed by atoms with E-state index in [9.17, 15) is 0 Å². The van der Waals surface area contributed by atoms with E-state index >= 15 is 0 Å². The van der Waals surface area contributed by atoms with Crippen molar-refractivity contribution in [2.75, 3.05) is 0 Å². The lowest BCUT2D eigenvalue weighted by molar-refractivity contribution is 0.425. The zero-order valence-electron chi connectivity index (χ0n) is 8.61. The summed E-state index contributed by atoms with van der Waals surface area (Å²) in [5.41, 5.74) is 1.69. The smallest absolute Gasteiger partial charge is 0.423 e. The molecule has 0 radical (unpaired) electrons. The van der Waals surface area contributed by atoms with Crippen LogP contribution in [0.2, 0.25) is 0 Å². The van der Waals surface area contributed by atoms with E-state index < -0.39 is 7.12 Å². The van der Waals surface area contributed by atoms with Crippen LogP contribution in [0.3, 0.4) is 0 Å². The highest BCUT2D eigenvalue weighted by Gasteiger charge is 2.14. The first-order valence-electron chi connectivity index (χ1n) is 5.19. The average molecular weight is 192 g/mol. The Balaban J connectivity index is 2.64. The van der Waals surface area contributed by atoms with E-state index in [1.807, 2.05) is 18.2 Å². The Morgan fingerprint density at radius 1 is 1.14 bits per heavy atom. The van der Waals surface area contributed by atoms with Gasteiger partial charge in [-0.05, 0) is 23.9 Å². The van der Waals surface area contributed by atoms with Crippen molar-refractivity contribution < 1.29 is 10.0 Å². The molecule has 0 aromatic heterocycles. The largest absolute Gasteiger partial charge is 0.488 e. The summed E-state index contributed by atoms with van der Waals surface area (Å²) in [7, 11) is -1.34.